The van der Waals surface area contributed by atoms with E-state index in [1.165, 1.54) is 11.3 Å². The quantitative estimate of drug-likeness (QED) is 0.766. The van der Waals surface area contributed by atoms with Crippen LogP contribution in [0.1, 0.15) is 12.1 Å². The number of imidazole rings is 1. The van der Waals surface area contributed by atoms with E-state index in [0.29, 0.717) is 18.7 Å². The Labute approximate surface area is 133 Å². The van der Waals surface area contributed by atoms with Gasteiger partial charge in [0.1, 0.15) is 0 Å². The van der Waals surface area contributed by atoms with Crippen molar-refractivity contribution >= 4 is 32.0 Å². The van der Waals surface area contributed by atoms with Gasteiger partial charge < -0.3 is 4.90 Å². The molecule has 2 aromatic rings. The van der Waals surface area contributed by atoms with Crippen molar-refractivity contribution in [1.82, 2.24) is 14.3 Å². The SMILES string of the molecule is C=CCN(C(=O)Cc1cn2ccsc2n1)[C@H]1CCS(=O)(=O)C1. The fraction of sp³-hybridized carbons (Fsp3) is 0.429. The topological polar surface area (TPSA) is 71.8 Å². The number of nitrogens with zero attached hydrogens (tertiary/aromatic N) is 3. The minimum absolute atomic E-state index is 0.0465. The number of hydrogen-bond donors (Lipinski definition) is 0. The zero-order valence-electron chi connectivity index (χ0n) is 12.0. The Morgan fingerprint density at radius 2 is 2.41 bits per heavy atom. The maximum absolute atomic E-state index is 12.5. The van der Waals surface area contributed by atoms with Crippen LogP contribution in [0.3, 0.4) is 0 Å². The summed E-state index contributed by atoms with van der Waals surface area (Å²) in [6.07, 6.45) is 6.04. The maximum atomic E-state index is 12.5. The standard InChI is InChI=1S/C14H17N3O3S2/c1-2-4-17(12-3-7-22(19,20)10-12)13(18)8-11-9-16-5-6-21-14(16)15-11/h2,5-6,9,12H,1,3-4,7-8,10H2/t12-/m0/s1. The van der Waals surface area contributed by atoms with Gasteiger partial charge in [-0.2, -0.15) is 0 Å². The Morgan fingerprint density at radius 3 is 3.05 bits per heavy atom. The van der Waals surface area contributed by atoms with Crippen molar-refractivity contribution in [3.8, 4) is 0 Å². The summed E-state index contributed by atoms with van der Waals surface area (Å²) in [5.41, 5.74) is 0.701. The maximum Gasteiger partial charge on any atom is 0.229 e. The normalized spacial score (nSPS) is 20.3. The number of rotatable bonds is 5. The molecular formula is C14H17N3O3S2. The van der Waals surface area contributed by atoms with Crippen molar-refractivity contribution in [2.45, 2.75) is 18.9 Å². The molecule has 1 amide bonds. The van der Waals surface area contributed by atoms with Gasteiger partial charge in [0.25, 0.3) is 0 Å². The number of sulfone groups is 1. The molecule has 0 N–H and O–H groups in total. The van der Waals surface area contributed by atoms with E-state index in [9.17, 15) is 13.2 Å². The number of fused-ring (bicyclic) bond motifs is 1. The second kappa shape index (κ2) is 5.85. The molecule has 0 unspecified atom stereocenters. The van der Waals surface area contributed by atoms with E-state index in [2.05, 4.69) is 11.6 Å². The van der Waals surface area contributed by atoms with Crippen molar-refractivity contribution in [3.05, 3.63) is 36.1 Å². The Hall–Kier alpha value is -1.67. The van der Waals surface area contributed by atoms with E-state index in [1.807, 2.05) is 22.2 Å². The molecule has 1 saturated heterocycles. The molecule has 8 heteroatoms. The predicted octanol–water partition coefficient (Wildman–Crippen LogP) is 1.14. The van der Waals surface area contributed by atoms with Crippen LogP contribution in [0, 0.1) is 0 Å². The number of carbonyl (C=O) groups is 1. The minimum atomic E-state index is -3.02. The van der Waals surface area contributed by atoms with Crippen LogP contribution in [0.15, 0.2) is 30.4 Å². The van der Waals surface area contributed by atoms with Gasteiger partial charge in [0.15, 0.2) is 14.8 Å². The minimum Gasteiger partial charge on any atom is -0.335 e. The number of carbonyl (C=O) groups excluding carboxylic acids is 1. The third kappa shape index (κ3) is 3.07. The lowest BCUT2D eigenvalue weighted by molar-refractivity contribution is -0.131. The number of thiazole rings is 1. The molecule has 1 aliphatic heterocycles. The molecule has 3 rings (SSSR count). The van der Waals surface area contributed by atoms with Crippen LogP contribution < -0.4 is 0 Å². The molecule has 22 heavy (non-hydrogen) atoms. The summed E-state index contributed by atoms with van der Waals surface area (Å²) < 4.78 is 25.2. The number of amides is 1. The summed E-state index contributed by atoms with van der Waals surface area (Å²) in [5.74, 6) is 0.0941. The van der Waals surface area contributed by atoms with Crippen molar-refractivity contribution in [1.29, 1.82) is 0 Å². The second-order valence-electron chi connectivity index (χ2n) is 5.39. The summed E-state index contributed by atoms with van der Waals surface area (Å²) in [7, 11) is -3.02. The zero-order chi connectivity index (χ0) is 15.7. The fourth-order valence-corrected chi connectivity index (χ4v) is 5.18. The average molecular weight is 339 g/mol. The largest absolute Gasteiger partial charge is 0.335 e. The van der Waals surface area contributed by atoms with Gasteiger partial charge >= 0.3 is 0 Å². The van der Waals surface area contributed by atoms with Crippen LogP contribution in [0.25, 0.3) is 4.96 Å². The highest BCUT2D eigenvalue weighted by Crippen LogP contribution is 2.19. The Bertz CT molecular complexity index is 778. The summed E-state index contributed by atoms with van der Waals surface area (Å²) in [6, 6.07) is -0.251. The number of hydrogen-bond acceptors (Lipinski definition) is 5. The fourth-order valence-electron chi connectivity index (χ4n) is 2.73. The Morgan fingerprint density at radius 1 is 1.59 bits per heavy atom. The first-order valence-corrected chi connectivity index (χ1v) is 9.70. The molecule has 1 aliphatic rings. The molecule has 1 fully saturated rings. The van der Waals surface area contributed by atoms with Crippen LogP contribution in [0.2, 0.25) is 0 Å². The third-order valence-electron chi connectivity index (χ3n) is 3.77. The predicted molar refractivity (Wildman–Crippen MR) is 85.7 cm³/mol. The van der Waals surface area contributed by atoms with E-state index in [0.717, 1.165) is 4.96 Å². The zero-order valence-corrected chi connectivity index (χ0v) is 13.6. The molecule has 0 radical (unpaired) electrons. The van der Waals surface area contributed by atoms with Crippen LogP contribution >= 0.6 is 11.3 Å². The lowest BCUT2D eigenvalue weighted by atomic mass is 10.2. The summed E-state index contributed by atoms with van der Waals surface area (Å²) >= 11 is 1.51. The van der Waals surface area contributed by atoms with Crippen LogP contribution in [0.4, 0.5) is 0 Å². The van der Waals surface area contributed by atoms with Gasteiger partial charge in [-0.25, -0.2) is 13.4 Å². The molecular weight excluding hydrogens is 322 g/mol. The number of aromatic nitrogens is 2. The van der Waals surface area contributed by atoms with Crippen molar-refractivity contribution in [3.63, 3.8) is 0 Å². The van der Waals surface area contributed by atoms with E-state index < -0.39 is 9.84 Å². The first kappa shape index (κ1) is 15.2. The van der Waals surface area contributed by atoms with Gasteiger partial charge in [-0.05, 0) is 6.42 Å². The van der Waals surface area contributed by atoms with E-state index >= 15 is 0 Å². The first-order valence-electron chi connectivity index (χ1n) is 7.00. The van der Waals surface area contributed by atoms with E-state index in [-0.39, 0.29) is 29.9 Å². The van der Waals surface area contributed by atoms with E-state index in [4.69, 9.17) is 0 Å². The molecule has 0 spiro atoms. The monoisotopic (exact) mass is 339 g/mol. The molecule has 3 heterocycles. The molecule has 0 bridgehead atoms. The highest BCUT2D eigenvalue weighted by Gasteiger charge is 2.34. The summed E-state index contributed by atoms with van der Waals surface area (Å²) in [5, 5.41) is 1.93. The molecule has 0 aliphatic carbocycles. The summed E-state index contributed by atoms with van der Waals surface area (Å²) in [4.78, 5) is 19.4. The highest BCUT2D eigenvalue weighted by molar-refractivity contribution is 7.91. The lowest BCUT2D eigenvalue weighted by Crippen LogP contribution is -2.42. The van der Waals surface area contributed by atoms with E-state index in [1.54, 1.807) is 11.0 Å². The van der Waals surface area contributed by atoms with Crippen LogP contribution in [-0.2, 0) is 21.1 Å². The molecule has 118 valence electrons. The average Bonchev–Trinajstić information content (AvgIpc) is 3.10. The van der Waals surface area contributed by atoms with Crippen molar-refractivity contribution in [2.24, 2.45) is 0 Å². The van der Waals surface area contributed by atoms with Crippen LogP contribution in [-0.4, -0.2) is 52.7 Å². The van der Waals surface area contributed by atoms with Gasteiger partial charge in [0.2, 0.25) is 5.91 Å². The lowest BCUT2D eigenvalue weighted by Gasteiger charge is -2.26. The summed E-state index contributed by atoms with van der Waals surface area (Å²) in [6.45, 7) is 4.03. The van der Waals surface area contributed by atoms with Crippen molar-refractivity contribution < 1.29 is 13.2 Å². The molecule has 0 saturated carbocycles. The molecule has 2 aromatic heterocycles. The third-order valence-corrected chi connectivity index (χ3v) is 6.29. The van der Waals surface area contributed by atoms with Gasteiger partial charge in [-0.15, -0.1) is 17.9 Å². The van der Waals surface area contributed by atoms with Crippen molar-refractivity contribution in [2.75, 3.05) is 18.1 Å². The first-order chi connectivity index (χ1) is 10.5. The second-order valence-corrected chi connectivity index (χ2v) is 8.50. The van der Waals surface area contributed by atoms with Gasteiger partial charge in [-0.3, -0.25) is 9.20 Å². The Kier molecular flexibility index (Phi) is 4.05. The highest BCUT2D eigenvalue weighted by atomic mass is 32.2. The van der Waals surface area contributed by atoms with Gasteiger partial charge in [-0.1, -0.05) is 6.08 Å². The van der Waals surface area contributed by atoms with Crippen LogP contribution in [0.5, 0.6) is 0 Å². The Balaban J connectivity index is 1.74. The molecule has 0 aromatic carbocycles. The molecule has 1 atom stereocenters. The van der Waals surface area contributed by atoms with Gasteiger partial charge in [0, 0.05) is 30.4 Å². The smallest absolute Gasteiger partial charge is 0.229 e. The van der Waals surface area contributed by atoms with Gasteiger partial charge in [0.05, 0.1) is 23.6 Å². The molecule has 6 nitrogen and oxygen atoms in total.